The first-order valence-electron chi connectivity index (χ1n) is 8.07. The molecule has 0 bridgehead atoms. The van der Waals surface area contributed by atoms with Crippen LogP contribution in [0.3, 0.4) is 0 Å². The molecule has 1 fully saturated rings. The van der Waals surface area contributed by atoms with Gasteiger partial charge in [0.25, 0.3) is 0 Å². The Balaban J connectivity index is 2.08. The largest absolute Gasteiger partial charge is 0.312 e. The Morgan fingerprint density at radius 1 is 1.26 bits per heavy atom. The number of nitrogens with one attached hydrogen (secondary N) is 1. The van der Waals surface area contributed by atoms with Gasteiger partial charge in [0, 0.05) is 11.7 Å². The highest BCUT2D eigenvalue weighted by atomic mass is 15.3. The first kappa shape index (κ1) is 14.6. The van der Waals surface area contributed by atoms with Crippen molar-refractivity contribution in [2.24, 2.45) is 5.92 Å². The summed E-state index contributed by atoms with van der Waals surface area (Å²) in [5.74, 6) is 0.846. The second-order valence-corrected chi connectivity index (χ2v) is 5.72. The number of aromatic nitrogens is 2. The summed E-state index contributed by atoms with van der Waals surface area (Å²) in [5.41, 5.74) is 2.62. The summed E-state index contributed by atoms with van der Waals surface area (Å²) in [5, 5.41) is 8.46. The quantitative estimate of drug-likeness (QED) is 0.819. The Labute approximate surface area is 117 Å². The van der Waals surface area contributed by atoms with Gasteiger partial charge in [0.2, 0.25) is 0 Å². The van der Waals surface area contributed by atoms with Crippen molar-refractivity contribution in [2.45, 2.75) is 71.9 Å². The minimum absolute atomic E-state index is 0.599. The van der Waals surface area contributed by atoms with Crippen LogP contribution in [0.25, 0.3) is 0 Å². The van der Waals surface area contributed by atoms with Crippen LogP contribution in [-0.4, -0.2) is 22.4 Å². The Morgan fingerprint density at radius 3 is 2.58 bits per heavy atom. The fourth-order valence-corrected chi connectivity index (χ4v) is 3.32. The van der Waals surface area contributed by atoms with E-state index in [0.717, 1.165) is 31.8 Å². The van der Waals surface area contributed by atoms with Crippen molar-refractivity contribution in [3.05, 3.63) is 17.5 Å². The van der Waals surface area contributed by atoms with E-state index in [1.165, 1.54) is 37.1 Å². The summed E-state index contributed by atoms with van der Waals surface area (Å²) >= 11 is 0. The van der Waals surface area contributed by atoms with E-state index in [4.69, 9.17) is 5.10 Å². The number of nitrogens with zero attached hydrogens (tertiary/aromatic N) is 2. The van der Waals surface area contributed by atoms with Gasteiger partial charge in [-0.1, -0.05) is 33.6 Å². The van der Waals surface area contributed by atoms with E-state index in [1.807, 2.05) is 0 Å². The maximum Gasteiger partial charge on any atom is 0.0624 e. The summed E-state index contributed by atoms with van der Waals surface area (Å²) in [6, 6.07) is 2.87. The Morgan fingerprint density at radius 2 is 2.00 bits per heavy atom. The lowest BCUT2D eigenvalue weighted by Crippen LogP contribution is -2.39. The van der Waals surface area contributed by atoms with Crippen LogP contribution in [0.4, 0.5) is 0 Å². The summed E-state index contributed by atoms with van der Waals surface area (Å²) in [4.78, 5) is 0. The molecule has 3 nitrogen and oxygen atoms in total. The number of aryl methyl sites for hydroxylation is 2. The molecular formula is C16H29N3. The van der Waals surface area contributed by atoms with Gasteiger partial charge < -0.3 is 5.32 Å². The van der Waals surface area contributed by atoms with Gasteiger partial charge >= 0.3 is 0 Å². The van der Waals surface area contributed by atoms with Gasteiger partial charge in [-0.3, -0.25) is 4.68 Å². The molecule has 0 amide bonds. The second kappa shape index (κ2) is 7.09. The molecule has 0 saturated heterocycles. The maximum absolute atomic E-state index is 4.77. The van der Waals surface area contributed by atoms with Crippen LogP contribution >= 0.6 is 0 Å². The van der Waals surface area contributed by atoms with Gasteiger partial charge in [-0.15, -0.1) is 0 Å². The highest BCUT2D eigenvalue weighted by Gasteiger charge is 2.25. The predicted molar refractivity (Wildman–Crippen MR) is 80.4 cm³/mol. The number of likely N-dealkylation sites (N-methyl/N-ethyl adjacent to an activating group) is 1. The van der Waals surface area contributed by atoms with Gasteiger partial charge in [-0.2, -0.15) is 5.10 Å². The Bertz CT molecular complexity index is 377. The molecule has 0 aromatic carbocycles. The standard InChI is InChI=1S/C16H29N3/c1-4-14-11-15(5-2)19(18-14)12-16(17-6-3)13-9-7-8-10-13/h11,13,16-17H,4-10,12H2,1-3H3. The third kappa shape index (κ3) is 3.59. The van der Waals surface area contributed by atoms with E-state index in [1.54, 1.807) is 0 Å². The van der Waals surface area contributed by atoms with Crippen LogP contribution in [0.1, 0.15) is 57.8 Å². The molecule has 3 heteroatoms. The molecule has 1 aliphatic rings. The smallest absolute Gasteiger partial charge is 0.0624 e. The molecule has 1 unspecified atom stereocenters. The lowest BCUT2D eigenvalue weighted by atomic mass is 9.98. The topological polar surface area (TPSA) is 29.9 Å². The lowest BCUT2D eigenvalue weighted by Gasteiger charge is -2.25. The lowest BCUT2D eigenvalue weighted by molar-refractivity contribution is 0.313. The van der Waals surface area contributed by atoms with E-state index in [-0.39, 0.29) is 0 Å². The van der Waals surface area contributed by atoms with Crippen LogP contribution < -0.4 is 5.32 Å². The highest BCUT2D eigenvalue weighted by molar-refractivity contribution is 5.10. The van der Waals surface area contributed by atoms with E-state index >= 15 is 0 Å². The Hall–Kier alpha value is -0.830. The molecule has 1 aliphatic carbocycles. The third-order valence-corrected chi connectivity index (χ3v) is 4.44. The maximum atomic E-state index is 4.77. The SMILES string of the molecule is CCNC(Cn1nc(CC)cc1CC)C1CCCC1. The van der Waals surface area contributed by atoms with Crippen molar-refractivity contribution in [1.82, 2.24) is 15.1 Å². The van der Waals surface area contributed by atoms with Crippen LogP contribution in [0.15, 0.2) is 6.07 Å². The molecule has 1 atom stereocenters. The zero-order valence-corrected chi connectivity index (χ0v) is 12.8. The van der Waals surface area contributed by atoms with Gasteiger partial charge in [0.05, 0.1) is 12.2 Å². The normalized spacial score (nSPS) is 18.1. The molecular weight excluding hydrogens is 234 g/mol. The highest BCUT2D eigenvalue weighted by Crippen LogP contribution is 2.28. The van der Waals surface area contributed by atoms with E-state index < -0.39 is 0 Å². The first-order valence-corrected chi connectivity index (χ1v) is 8.07. The van der Waals surface area contributed by atoms with Crippen molar-refractivity contribution in [3.8, 4) is 0 Å². The minimum Gasteiger partial charge on any atom is -0.312 e. The number of rotatable bonds is 7. The van der Waals surface area contributed by atoms with E-state index in [9.17, 15) is 0 Å². The first-order chi connectivity index (χ1) is 9.28. The molecule has 19 heavy (non-hydrogen) atoms. The van der Waals surface area contributed by atoms with Crippen molar-refractivity contribution < 1.29 is 0 Å². The van der Waals surface area contributed by atoms with Crippen molar-refractivity contribution in [3.63, 3.8) is 0 Å². The van der Waals surface area contributed by atoms with Crippen LogP contribution in [0.5, 0.6) is 0 Å². The monoisotopic (exact) mass is 263 g/mol. The van der Waals surface area contributed by atoms with Crippen molar-refractivity contribution in [2.75, 3.05) is 6.54 Å². The number of hydrogen-bond acceptors (Lipinski definition) is 2. The van der Waals surface area contributed by atoms with Gasteiger partial charge in [0.1, 0.15) is 0 Å². The molecule has 2 rings (SSSR count). The van der Waals surface area contributed by atoms with Crippen molar-refractivity contribution >= 4 is 0 Å². The fourth-order valence-electron chi connectivity index (χ4n) is 3.32. The van der Waals surface area contributed by atoms with Gasteiger partial charge in [-0.05, 0) is 44.2 Å². The van der Waals surface area contributed by atoms with Crippen LogP contribution in [0, 0.1) is 5.92 Å². The molecule has 1 heterocycles. The molecule has 0 radical (unpaired) electrons. The molecule has 0 spiro atoms. The minimum atomic E-state index is 0.599. The number of hydrogen-bond donors (Lipinski definition) is 1. The summed E-state index contributed by atoms with van der Waals surface area (Å²) < 4.78 is 2.25. The van der Waals surface area contributed by atoms with Crippen LogP contribution in [0.2, 0.25) is 0 Å². The predicted octanol–water partition coefficient (Wildman–Crippen LogP) is 3.18. The van der Waals surface area contributed by atoms with Crippen LogP contribution in [-0.2, 0) is 19.4 Å². The summed E-state index contributed by atoms with van der Waals surface area (Å²) in [6.07, 6.45) is 7.72. The van der Waals surface area contributed by atoms with E-state index in [0.29, 0.717) is 6.04 Å². The van der Waals surface area contributed by atoms with Gasteiger partial charge in [0.15, 0.2) is 0 Å². The zero-order chi connectivity index (χ0) is 13.7. The second-order valence-electron chi connectivity index (χ2n) is 5.72. The average molecular weight is 263 g/mol. The summed E-state index contributed by atoms with van der Waals surface area (Å²) in [6.45, 7) is 8.73. The molecule has 0 aliphatic heterocycles. The summed E-state index contributed by atoms with van der Waals surface area (Å²) in [7, 11) is 0. The third-order valence-electron chi connectivity index (χ3n) is 4.44. The van der Waals surface area contributed by atoms with Gasteiger partial charge in [-0.25, -0.2) is 0 Å². The average Bonchev–Trinajstić information content (AvgIpc) is 3.07. The molecule has 1 aromatic rings. The molecule has 1 saturated carbocycles. The molecule has 1 aromatic heterocycles. The van der Waals surface area contributed by atoms with Crippen molar-refractivity contribution in [1.29, 1.82) is 0 Å². The zero-order valence-electron chi connectivity index (χ0n) is 12.8. The molecule has 108 valence electrons. The fraction of sp³-hybridized carbons (Fsp3) is 0.812. The molecule has 1 N–H and O–H groups in total. The van der Waals surface area contributed by atoms with E-state index in [2.05, 4.69) is 36.8 Å². The Kier molecular flexibility index (Phi) is 5.44.